The Labute approximate surface area is 190 Å². The number of carbonyl (C=O) groups is 3. The summed E-state index contributed by atoms with van der Waals surface area (Å²) in [5.74, 6) is -0.765. The van der Waals surface area contributed by atoms with Gasteiger partial charge in [0, 0.05) is 34.9 Å². The Morgan fingerprint density at radius 1 is 0.938 bits per heavy atom. The molecule has 1 aromatic heterocycles. The first-order valence-corrected chi connectivity index (χ1v) is 11.1. The molecule has 2 heterocycles. The number of anilines is 1. The van der Waals surface area contributed by atoms with Gasteiger partial charge in [0.1, 0.15) is 0 Å². The van der Waals surface area contributed by atoms with E-state index in [-0.39, 0.29) is 30.7 Å². The predicted octanol–water partition coefficient (Wildman–Crippen LogP) is 4.26. The lowest BCUT2D eigenvalue weighted by molar-refractivity contribution is -0.116. The fourth-order valence-corrected chi connectivity index (χ4v) is 4.38. The minimum atomic E-state index is -0.299. The first-order valence-electron chi connectivity index (χ1n) is 10.3. The predicted molar refractivity (Wildman–Crippen MR) is 122 cm³/mol. The second kappa shape index (κ2) is 9.32. The first-order chi connectivity index (χ1) is 15.4. The average molecular weight is 447 g/mol. The van der Waals surface area contributed by atoms with Crippen molar-refractivity contribution in [3.05, 3.63) is 77.1 Å². The number of amides is 3. The van der Waals surface area contributed by atoms with E-state index in [1.165, 1.54) is 16.7 Å². The zero-order valence-electron chi connectivity index (χ0n) is 17.8. The highest BCUT2D eigenvalue weighted by molar-refractivity contribution is 7.99. The molecule has 0 fully saturated rings. The van der Waals surface area contributed by atoms with Crippen molar-refractivity contribution >= 4 is 35.2 Å². The Hall–Kier alpha value is -3.52. The Balaban J connectivity index is 1.27. The maximum atomic E-state index is 12.4. The van der Waals surface area contributed by atoms with E-state index >= 15 is 0 Å². The van der Waals surface area contributed by atoms with Crippen molar-refractivity contribution in [1.29, 1.82) is 0 Å². The summed E-state index contributed by atoms with van der Waals surface area (Å²) in [6.07, 6.45) is 0.607. The molecule has 0 atom stereocenters. The highest BCUT2D eigenvalue weighted by Crippen LogP contribution is 2.26. The summed E-state index contributed by atoms with van der Waals surface area (Å²) in [5.41, 5.74) is 3.37. The molecule has 1 N–H and O–H groups in total. The highest BCUT2D eigenvalue weighted by atomic mass is 32.2. The van der Waals surface area contributed by atoms with Crippen LogP contribution in [0.4, 0.5) is 5.69 Å². The second-order valence-electron chi connectivity index (χ2n) is 7.52. The van der Waals surface area contributed by atoms with Gasteiger partial charge in [0.25, 0.3) is 11.8 Å². The van der Waals surface area contributed by atoms with E-state index in [4.69, 9.17) is 0 Å². The fraction of sp³-hybridized carbons (Fsp3) is 0.208. The Morgan fingerprint density at radius 2 is 1.53 bits per heavy atom. The molecule has 32 heavy (non-hydrogen) atoms. The SMILES string of the molecule is Cc1cc(C)nc(Sc2ccc(NC(=O)CCCN3C(=O)c4ccccc4C3=O)cc2)n1. The summed E-state index contributed by atoms with van der Waals surface area (Å²) in [4.78, 5) is 48.0. The largest absolute Gasteiger partial charge is 0.326 e. The van der Waals surface area contributed by atoms with Crippen molar-refractivity contribution in [2.24, 2.45) is 0 Å². The molecule has 162 valence electrons. The van der Waals surface area contributed by atoms with Crippen molar-refractivity contribution in [3.8, 4) is 0 Å². The first kappa shape index (κ1) is 21.7. The van der Waals surface area contributed by atoms with Crippen molar-refractivity contribution in [1.82, 2.24) is 14.9 Å². The van der Waals surface area contributed by atoms with E-state index in [9.17, 15) is 14.4 Å². The standard InChI is InChI=1S/C24H22N4O3S/c1-15-14-16(2)26-24(25-15)32-18-11-9-17(10-12-18)27-21(29)8-5-13-28-22(30)19-6-3-4-7-20(19)23(28)31/h3-4,6-7,9-12,14H,5,8,13H2,1-2H3,(H,27,29). The van der Waals surface area contributed by atoms with E-state index in [1.807, 2.05) is 44.2 Å². The maximum absolute atomic E-state index is 12.4. The van der Waals surface area contributed by atoms with Gasteiger partial charge in [0.05, 0.1) is 11.1 Å². The monoisotopic (exact) mass is 446 g/mol. The van der Waals surface area contributed by atoms with Crippen LogP contribution in [-0.2, 0) is 4.79 Å². The number of hydrogen-bond acceptors (Lipinski definition) is 6. The van der Waals surface area contributed by atoms with Crippen LogP contribution >= 0.6 is 11.8 Å². The van der Waals surface area contributed by atoms with Crippen LogP contribution in [0.5, 0.6) is 0 Å². The van der Waals surface area contributed by atoms with Crippen LogP contribution in [0.1, 0.15) is 44.9 Å². The summed E-state index contributed by atoms with van der Waals surface area (Å²) in [6, 6.07) is 16.2. The molecule has 4 rings (SSSR count). The summed E-state index contributed by atoms with van der Waals surface area (Å²) >= 11 is 1.46. The smallest absolute Gasteiger partial charge is 0.261 e. The lowest BCUT2D eigenvalue weighted by Gasteiger charge is -2.13. The van der Waals surface area contributed by atoms with E-state index in [0.29, 0.717) is 28.4 Å². The van der Waals surface area contributed by atoms with Crippen LogP contribution in [0.25, 0.3) is 0 Å². The van der Waals surface area contributed by atoms with Gasteiger partial charge in [-0.2, -0.15) is 0 Å². The number of rotatable bonds is 7. The molecule has 3 amide bonds. The lowest BCUT2D eigenvalue weighted by Crippen LogP contribution is -2.31. The summed E-state index contributed by atoms with van der Waals surface area (Å²) in [7, 11) is 0. The van der Waals surface area contributed by atoms with Crippen molar-refractivity contribution in [2.45, 2.75) is 36.7 Å². The third-order valence-corrected chi connectivity index (χ3v) is 5.85. The van der Waals surface area contributed by atoms with Crippen molar-refractivity contribution in [2.75, 3.05) is 11.9 Å². The number of benzene rings is 2. The normalized spacial score (nSPS) is 12.8. The van der Waals surface area contributed by atoms with Crippen LogP contribution in [0.2, 0.25) is 0 Å². The minimum absolute atomic E-state index is 0.167. The quantitative estimate of drug-likeness (QED) is 0.431. The zero-order valence-corrected chi connectivity index (χ0v) is 18.6. The number of fused-ring (bicyclic) bond motifs is 1. The third kappa shape index (κ3) is 4.86. The van der Waals surface area contributed by atoms with Gasteiger partial charge in [-0.3, -0.25) is 19.3 Å². The molecule has 1 aliphatic heterocycles. The molecular weight excluding hydrogens is 424 g/mol. The molecule has 3 aromatic rings. The van der Waals surface area contributed by atoms with Gasteiger partial charge in [0.2, 0.25) is 5.91 Å². The summed E-state index contributed by atoms with van der Waals surface area (Å²) < 4.78 is 0. The lowest BCUT2D eigenvalue weighted by atomic mass is 10.1. The van der Waals surface area contributed by atoms with Crippen LogP contribution < -0.4 is 5.32 Å². The van der Waals surface area contributed by atoms with Gasteiger partial charge in [0.15, 0.2) is 5.16 Å². The highest BCUT2D eigenvalue weighted by Gasteiger charge is 2.34. The van der Waals surface area contributed by atoms with E-state index in [2.05, 4.69) is 15.3 Å². The second-order valence-corrected chi connectivity index (χ2v) is 8.56. The van der Waals surface area contributed by atoms with Gasteiger partial charge in [-0.15, -0.1) is 0 Å². The molecule has 0 saturated carbocycles. The Kier molecular flexibility index (Phi) is 6.32. The molecule has 0 bridgehead atoms. The minimum Gasteiger partial charge on any atom is -0.326 e. The van der Waals surface area contributed by atoms with E-state index in [0.717, 1.165) is 16.3 Å². The maximum Gasteiger partial charge on any atom is 0.261 e. The Bertz CT molecular complexity index is 1140. The number of hydrogen-bond donors (Lipinski definition) is 1. The van der Waals surface area contributed by atoms with Gasteiger partial charge in [-0.25, -0.2) is 9.97 Å². The molecule has 0 spiro atoms. The van der Waals surface area contributed by atoms with Gasteiger partial charge >= 0.3 is 0 Å². The molecule has 0 unspecified atom stereocenters. The van der Waals surface area contributed by atoms with Gasteiger partial charge < -0.3 is 5.32 Å². The number of carbonyl (C=O) groups excluding carboxylic acids is 3. The van der Waals surface area contributed by atoms with Crippen LogP contribution in [0.3, 0.4) is 0 Å². The van der Waals surface area contributed by atoms with Crippen LogP contribution in [0, 0.1) is 13.8 Å². The van der Waals surface area contributed by atoms with Crippen LogP contribution in [-0.4, -0.2) is 39.1 Å². The molecular formula is C24H22N4O3S. The average Bonchev–Trinajstić information content (AvgIpc) is 2.99. The Morgan fingerprint density at radius 3 is 2.12 bits per heavy atom. The summed E-state index contributed by atoms with van der Waals surface area (Å²) in [6.45, 7) is 4.09. The topological polar surface area (TPSA) is 92.3 Å². The number of aryl methyl sites for hydroxylation is 2. The molecule has 0 saturated heterocycles. The third-order valence-electron chi connectivity index (χ3n) is 4.97. The van der Waals surface area contributed by atoms with E-state index in [1.54, 1.807) is 24.3 Å². The van der Waals surface area contributed by atoms with Crippen molar-refractivity contribution in [3.63, 3.8) is 0 Å². The van der Waals surface area contributed by atoms with Crippen LogP contribution in [0.15, 0.2) is 64.6 Å². The zero-order chi connectivity index (χ0) is 22.7. The molecule has 2 aromatic carbocycles. The number of imide groups is 1. The molecule has 8 heteroatoms. The molecule has 1 aliphatic rings. The summed E-state index contributed by atoms with van der Waals surface area (Å²) in [5, 5.41) is 3.54. The number of nitrogens with zero attached hydrogens (tertiary/aromatic N) is 3. The number of aromatic nitrogens is 2. The molecule has 0 radical (unpaired) electrons. The van der Waals surface area contributed by atoms with E-state index < -0.39 is 0 Å². The molecule has 7 nitrogen and oxygen atoms in total. The molecule has 0 aliphatic carbocycles. The number of nitrogens with one attached hydrogen (secondary N) is 1. The van der Waals surface area contributed by atoms with Gasteiger partial charge in [-0.1, -0.05) is 12.1 Å². The van der Waals surface area contributed by atoms with Crippen molar-refractivity contribution < 1.29 is 14.4 Å². The fourth-order valence-electron chi connectivity index (χ4n) is 3.51. The van der Waals surface area contributed by atoms with Gasteiger partial charge in [-0.05, 0) is 74.5 Å².